The van der Waals surface area contributed by atoms with Gasteiger partial charge in [-0.3, -0.25) is 9.89 Å². The van der Waals surface area contributed by atoms with E-state index < -0.39 is 17.6 Å². The number of H-pyrrole nitrogens is 2. The second-order valence-corrected chi connectivity index (χ2v) is 11.1. The molecule has 1 amide bonds. The number of benzene rings is 1. The fourth-order valence-corrected chi connectivity index (χ4v) is 6.90. The summed E-state index contributed by atoms with van der Waals surface area (Å²) in [7, 11) is 0. The number of rotatable bonds is 4. The average molecular weight is 521 g/mol. The molecule has 7 rings (SSSR count). The van der Waals surface area contributed by atoms with Gasteiger partial charge in [-0.25, -0.2) is 13.8 Å². The van der Waals surface area contributed by atoms with E-state index in [-0.39, 0.29) is 23.1 Å². The van der Waals surface area contributed by atoms with Gasteiger partial charge in [-0.15, -0.1) is 0 Å². The van der Waals surface area contributed by atoms with E-state index in [2.05, 4.69) is 20.5 Å². The molecule has 2 fully saturated rings. The summed E-state index contributed by atoms with van der Waals surface area (Å²) in [6.45, 7) is 5.59. The molecule has 4 heterocycles. The van der Waals surface area contributed by atoms with Gasteiger partial charge in [-0.1, -0.05) is 19.4 Å². The van der Waals surface area contributed by atoms with Crippen LogP contribution in [0.3, 0.4) is 0 Å². The van der Waals surface area contributed by atoms with Crippen LogP contribution in [0.5, 0.6) is 0 Å². The van der Waals surface area contributed by atoms with Gasteiger partial charge >= 0.3 is 0 Å². The highest BCUT2D eigenvalue weighted by Gasteiger charge is 2.63. The molecule has 0 bridgehead atoms. The summed E-state index contributed by atoms with van der Waals surface area (Å²) in [5.74, 6) is -1.33. The summed E-state index contributed by atoms with van der Waals surface area (Å²) < 4.78 is 30.2. The number of nitrogens with zero attached hydrogens (tertiary/aromatic N) is 3. The molecule has 38 heavy (non-hydrogen) atoms. The van der Waals surface area contributed by atoms with Crippen molar-refractivity contribution in [3.8, 4) is 11.5 Å². The van der Waals surface area contributed by atoms with Crippen LogP contribution in [-0.4, -0.2) is 54.7 Å². The minimum Gasteiger partial charge on any atom is -0.505 e. The van der Waals surface area contributed by atoms with Crippen LogP contribution < -0.4 is 5.32 Å². The minimum atomic E-state index is -0.610. The van der Waals surface area contributed by atoms with Crippen molar-refractivity contribution in [2.75, 3.05) is 13.1 Å². The number of allylic oxidation sites excluding steroid dienone is 3. The van der Waals surface area contributed by atoms with Crippen molar-refractivity contribution in [1.82, 2.24) is 30.4 Å². The summed E-state index contributed by atoms with van der Waals surface area (Å²) in [5.41, 5.74) is 3.71. The molecular formula is C28H30F2N6O2. The molecule has 4 atom stereocenters. The number of halogens is 2. The number of aromatic nitrogens is 4. The molecule has 2 aliphatic carbocycles. The first kappa shape index (κ1) is 23.6. The van der Waals surface area contributed by atoms with Crippen LogP contribution in [0.1, 0.15) is 56.0 Å². The zero-order valence-electron chi connectivity index (χ0n) is 21.4. The number of imidazole rings is 1. The maximum absolute atomic E-state index is 15.6. The van der Waals surface area contributed by atoms with Crippen LogP contribution in [0.4, 0.5) is 8.78 Å². The zero-order chi connectivity index (χ0) is 26.3. The van der Waals surface area contributed by atoms with Gasteiger partial charge in [0.2, 0.25) is 5.91 Å². The Morgan fingerprint density at radius 1 is 1.32 bits per heavy atom. The lowest BCUT2D eigenvalue weighted by molar-refractivity contribution is -0.135. The number of amides is 1. The van der Waals surface area contributed by atoms with Gasteiger partial charge in [-0.05, 0) is 55.5 Å². The number of nitrogens with one attached hydrogen (secondary N) is 3. The molecule has 8 nitrogen and oxygen atoms in total. The van der Waals surface area contributed by atoms with E-state index in [9.17, 15) is 14.3 Å². The van der Waals surface area contributed by atoms with Gasteiger partial charge in [0.15, 0.2) is 5.82 Å². The third kappa shape index (κ3) is 3.32. The maximum atomic E-state index is 15.6. The first-order chi connectivity index (χ1) is 18.3. The third-order valence-corrected chi connectivity index (χ3v) is 9.03. The number of piperidine rings is 1. The standard InChI is InChI=1S/C28H30F2N6O2/c1-3-14-10-21(37)24(30)13(2)22(14)15-8-17(29)23-19(9-15)34-35-25(23)26-32-18-5-7-36(12-20(18)33-26)27(38)28-11-16(28)4-6-31-28/h8-10,13,16,22,31,37H,3-7,11-12H2,1-2H3,(H,32,33)(H,34,35)/t13?,16-,22?,28+/m1/s1. The van der Waals surface area contributed by atoms with Crippen LogP contribution in [0.25, 0.3) is 22.4 Å². The molecule has 1 saturated carbocycles. The normalized spacial score (nSPS) is 28.5. The van der Waals surface area contributed by atoms with Crippen molar-refractivity contribution in [2.45, 2.75) is 57.5 Å². The molecular weight excluding hydrogens is 490 g/mol. The number of carbonyl (C=O) groups is 1. The van der Waals surface area contributed by atoms with Gasteiger partial charge in [0.05, 0.1) is 28.8 Å². The lowest BCUT2D eigenvalue weighted by Gasteiger charge is -2.29. The smallest absolute Gasteiger partial charge is 0.243 e. The van der Waals surface area contributed by atoms with Gasteiger partial charge in [0.1, 0.15) is 28.6 Å². The third-order valence-electron chi connectivity index (χ3n) is 9.03. The molecule has 2 aliphatic heterocycles. The van der Waals surface area contributed by atoms with Crippen LogP contribution in [0.2, 0.25) is 0 Å². The van der Waals surface area contributed by atoms with Crippen molar-refractivity contribution in [3.05, 3.63) is 58.1 Å². The van der Waals surface area contributed by atoms with Gasteiger partial charge in [0.25, 0.3) is 0 Å². The van der Waals surface area contributed by atoms with E-state index in [4.69, 9.17) is 4.98 Å². The highest BCUT2D eigenvalue weighted by atomic mass is 19.1. The molecule has 198 valence electrons. The molecule has 2 unspecified atom stereocenters. The Balaban J connectivity index is 1.19. The molecule has 0 spiro atoms. The van der Waals surface area contributed by atoms with Gasteiger partial charge < -0.3 is 20.3 Å². The number of aromatic amines is 2. The molecule has 2 aromatic heterocycles. The highest BCUT2D eigenvalue weighted by Crippen LogP contribution is 2.51. The average Bonchev–Trinajstić information content (AvgIpc) is 3.28. The van der Waals surface area contributed by atoms with Crippen LogP contribution in [0, 0.1) is 17.7 Å². The first-order valence-electron chi connectivity index (χ1n) is 13.4. The Hall–Kier alpha value is -3.53. The molecule has 0 radical (unpaired) electrons. The number of hydrogen-bond donors (Lipinski definition) is 4. The van der Waals surface area contributed by atoms with Crippen molar-refractivity contribution in [1.29, 1.82) is 0 Å². The number of fused-ring (bicyclic) bond motifs is 3. The summed E-state index contributed by atoms with van der Waals surface area (Å²) in [5, 5.41) is 21.0. The second-order valence-electron chi connectivity index (χ2n) is 11.1. The number of hydrogen-bond acceptors (Lipinski definition) is 5. The predicted octanol–water partition coefficient (Wildman–Crippen LogP) is 4.54. The lowest BCUT2D eigenvalue weighted by Crippen LogP contribution is -2.49. The maximum Gasteiger partial charge on any atom is 0.243 e. The van der Waals surface area contributed by atoms with Gasteiger partial charge in [-0.2, -0.15) is 5.10 Å². The SMILES string of the molecule is CCC1=CC(O)=C(F)C(C)C1c1cc(F)c2c(-c3nc4c([nH]3)CN(C(=O)[C@]35C[C@H]3CCN5)CC4)n[nH]c2c1. The predicted molar refractivity (Wildman–Crippen MR) is 137 cm³/mol. The fourth-order valence-electron chi connectivity index (χ4n) is 6.90. The van der Waals surface area contributed by atoms with Crippen molar-refractivity contribution in [2.24, 2.45) is 11.8 Å². The summed E-state index contributed by atoms with van der Waals surface area (Å²) in [6.07, 6.45) is 4.67. The topological polar surface area (TPSA) is 110 Å². The van der Waals surface area contributed by atoms with E-state index in [1.54, 1.807) is 13.0 Å². The number of carbonyl (C=O) groups excluding carboxylic acids is 1. The monoisotopic (exact) mass is 520 g/mol. The van der Waals surface area contributed by atoms with E-state index in [0.29, 0.717) is 59.8 Å². The number of aliphatic hydroxyl groups excluding tert-OH is 1. The van der Waals surface area contributed by atoms with Crippen LogP contribution in [0.15, 0.2) is 35.4 Å². The first-order valence-corrected chi connectivity index (χ1v) is 13.4. The second kappa shape index (κ2) is 8.23. The molecule has 10 heteroatoms. The van der Waals surface area contributed by atoms with E-state index >= 15 is 4.39 Å². The van der Waals surface area contributed by atoms with Crippen molar-refractivity contribution < 1.29 is 18.7 Å². The van der Waals surface area contributed by atoms with E-state index in [1.165, 1.54) is 12.1 Å². The lowest BCUT2D eigenvalue weighted by atomic mass is 9.76. The Kier molecular flexibility index (Phi) is 5.11. The Morgan fingerprint density at radius 3 is 2.89 bits per heavy atom. The minimum absolute atomic E-state index is 0.169. The van der Waals surface area contributed by atoms with Crippen molar-refractivity contribution in [3.63, 3.8) is 0 Å². The quantitative estimate of drug-likeness (QED) is 0.404. The summed E-state index contributed by atoms with van der Waals surface area (Å²) in [4.78, 5) is 23.1. The largest absolute Gasteiger partial charge is 0.505 e. The van der Waals surface area contributed by atoms with E-state index in [1.807, 2.05) is 11.8 Å². The molecule has 1 saturated heterocycles. The van der Waals surface area contributed by atoms with E-state index in [0.717, 1.165) is 36.3 Å². The molecule has 4 N–H and O–H groups in total. The Bertz CT molecular complexity index is 1550. The molecule has 3 aromatic rings. The molecule has 1 aromatic carbocycles. The Labute approximate surface area is 218 Å². The highest BCUT2D eigenvalue weighted by molar-refractivity contribution is 5.93. The van der Waals surface area contributed by atoms with Crippen LogP contribution in [-0.2, 0) is 17.8 Å². The van der Waals surface area contributed by atoms with Crippen LogP contribution >= 0.6 is 0 Å². The number of aliphatic hydroxyl groups is 1. The van der Waals surface area contributed by atoms with Crippen molar-refractivity contribution >= 4 is 16.8 Å². The van der Waals surface area contributed by atoms with Gasteiger partial charge in [0, 0.05) is 24.8 Å². The fraction of sp³-hybridized carbons (Fsp3) is 0.464. The molecule has 4 aliphatic rings. The Morgan fingerprint density at radius 2 is 2.16 bits per heavy atom. The zero-order valence-corrected chi connectivity index (χ0v) is 21.4. The summed E-state index contributed by atoms with van der Waals surface area (Å²) in [6, 6.07) is 3.24. The summed E-state index contributed by atoms with van der Waals surface area (Å²) >= 11 is 0.